The lowest BCUT2D eigenvalue weighted by molar-refractivity contribution is -0.139. The summed E-state index contributed by atoms with van der Waals surface area (Å²) in [5.41, 5.74) is 7.24. The molecule has 2 aromatic carbocycles. The van der Waals surface area contributed by atoms with Gasteiger partial charge in [0.1, 0.15) is 5.75 Å². The number of nitrogens with two attached hydrogens (primary N) is 1. The molecule has 3 amide bonds. The molecule has 0 saturated heterocycles. The molecule has 0 heterocycles. The number of benzene rings is 2. The summed E-state index contributed by atoms with van der Waals surface area (Å²) in [5, 5.41) is 11.7. The number of carbonyl (C=O) groups excluding carboxylic acids is 3. The average molecular weight is 341 g/mol. The zero-order valence-corrected chi connectivity index (χ0v) is 13.7. The zero-order chi connectivity index (χ0) is 18.4. The van der Waals surface area contributed by atoms with Crippen molar-refractivity contribution in [2.45, 2.75) is 13.3 Å². The summed E-state index contributed by atoms with van der Waals surface area (Å²) in [5.74, 6) is -2.24. The molecule has 0 unspecified atom stereocenters. The second-order valence-corrected chi connectivity index (χ2v) is 5.42. The van der Waals surface area contributed by atoms with Gasteiger partial charge in [-0.1, -0.05) is 12.1 Å². The van der Waals surface area contributed by atoms with E-state index in [1.54, 1.807) is 36.4 Å². The second-order valence-electron chi connectivity index (χ2n) is 5.42. The van der Waals surface area contributed by atoms with Crippen LogP contribution in [-0.4, -0.2) is 29.4 Å². The van der Waals surface area contributed by atoms with Gasteiger partial charge in [-0.25, -0.2) is 4.90 Å². The second kappa shape index (κ2) is 7.96. The normalized spacial score (nSPS) is 10.1. The van der Waals surface area contributed by atoms with Crippen LogP contribution in [0.5, 0.6) is 5.75 Å². The Labute approximate surface area is 145 Å². The minimum absolute atomic E-state index is 0.156. The topological polar surface area (TPSA) is 113 Å². The van der Waals surface area contributed by atoms with Crippen molar-refractivity contribution >= 4 is 29.1 Å². The fourth-order valence-electron chi connectivity index (χ4n) is 2.23. The molecule has 0 atom stereocenters. The van der Waals surface area contributed by atoms with Gasteiger partial charge in [-0.3, -0.25) is 14.4 Å². The Morgan fingerprint density at radius 2 is 1.64 bits per heavy atom. The lowest BCUT2D eigenvalue weighted by Gasteiger charge is -2.18. The number of amides is 3. The van der Waals surface area contributed by atoms with E-state index in [-0.39, 0.29) is 18.0 Å². The van der Waals surface area contributed by atoms with Crippen LogP contribution in [0.3, 0.4) is 0 Å². The van der Waals surface area contributed by atoms with Crippen molar-refractivity contribution in [3.05, 3.63) is 54.1 Å². The Morgan fingerprint density at radius 3 is 2.20 bits per heavy atom. The molecule has 130 valence electrons. The van der Waals surface area contributed by atoms with Gasteiger partial charge < -0.3 is 16.2 Å². The maximum absolute atomic E-state index is 12.3. The first-order valence-corrected chi connectivity index (χ1v) is 7.65. The summed E-state index contributed by atoms with van der Waals surface area (Å²) in [6, 6.07) is 12.6. The van der Waals surface area contributed by atoms with E-state index >= 15 is 0 Å². The molecule has 0 aliphatic carbocycles. The molecule has 0 radical (unpaired) electrons. The maximum Gasteiger partial charge on any atom is 0.323 e. The summed E-state index contributed by atoms with van der Waals surface area (Å²) in [7, 11) is 0. The highest BCUT2D eigenvalue weighted by molar-refractivity contribution is 6.45. The molecule has 0 bridgehead atoms. The Kier molecular flexibility index (Phi) is 5.73. The van der Waals surface area contributed by atoms with Crippen LogP contribution >= 0.6 is 0 Å². The number of phenolic OH excluding ortho intramolecular Hbond substituents is 1. The SMILES string of the molecule is CC(=O)N(C(=O)C(=O)NCCc1ccc(O)cc1)c1ccc(N)cc1. The third kappa shape index (κ3) is 4.81. The molecule has 0 spiro atoms. The van der Waals surface area contributed by atoms with E-state index in [4.69, 9.17) is 5.73 Å². The van der Waals surface area contributed by atoms with Gasteiger partial charge in [0.25, 0.3) is 0 Å². The standard InChI is InChI=1S/C18H19N3O4/c1-12(22)21(15-6-4-14(19)5-7-15)18(25)17(24)20-11-10-13-2-8-16(23)9-3-13/h2-9,23H,10-11,19H2,1H3,(H,20,24). The fraction of sp³-hybridized carbons (Fsp3) is 0.167. The third-order valence-electron chi connectivity index (χ3n) is 3.50. The van der Waals surface area contributed by atoms with E-state index < -0.39 is 17.7 Å². The van der Waals surface area contributed by atoms with Gasteiger partial charge in [-0.15, -0.1) is 0 Å². The Bertz CT molecular complexity index is 770. The molecule has 7 heteroatoms. The summed E-state index contributed by atoms with van der Waals surface area (Å²) >= 11 is 0. The number of hydrogen-bond donors (Lipinski definition) is 3. The largest absolute Gasteiger partial charge is 0.508 e. The average Bonchev–Trinajstić information content (AvgIpc) is 2.58. The number of phenols is 1. The van der Waals surface area contributed by atoms with Gasteiger partial charge in [-0.2, -0.15) is 0 Å². The van der Waals surface area contributed by atoms with E-state index in [2.05, 4.69) is 5.32 Å². The van der Waals surface area contributed by atoms with E-state index in [9.17, 15) is 19.5 Å². The molecule has 0 aromatic heterocycles. The smallest absolute Gasteiger partial charge is 0.323 e. The summed E-state index contributed by atoms with van der Waals surface area (Å²) < 4.78 is 0. The molecule has 4 N–H and O–H groups in total. The summed E-state index contributed by atoms with van der Waals surface area (Å²) in [6.45, 7) is 1.43. The number of aromatic hydroxyl groups is 1. The van der Waals surface area contributed by atoms with Gasteiger partial charge in [0.2, 0.25) is 5.91 Å². The van der Waals surface area contributed by atoms with Crippen molar-refractivity contribution in [3.8, 4) is 5.75 Å². The van der Waals surface area contributed by atoms with E-state index in [0.29, 0.717) is 12.1 Å². The number of nitrogens with zero attached hydrogens (tertiary/aromatic N) is 1. The number of hydrogen-bond acceptors (Lipinski definition) is 5. The van der Waals surface area contributed by atoms with Crippen LogP contribution in [0, 0.1) is 0 Å². The Morgan fingerprint density at radius 1 is 1.04 bits per heavy atom. The predicted octanol–water partition coefficient (Wildman–Crippen LogP) is 1.21. The molecule has 2 aromatic rings. The van der Waals surface area contributed by atoms with E-state index in [1.165, 1.54) is 19.1 Å². The number of nitrogens with one attached hydrogen (secondary N) is 1. The quantitative estimate of drug-likeness (QED) is 0.571. The maximum atomic E-state index is 12.3. The first-order chi connectivity index (χ1) is 11.9. The van der Waals surface area contributed by atoms with Crippen molar-refractivity contribution in [2.24, 2.45) is 0 Å². The molecule has 0 aliphatic rings. The molecule has 0 saturated carbocycles. The van der Waals surface area contributed by atoms with Crippen LogP contribution in [0.2, 0.25) is 0 Å². The van der Waals surface area contributed by atoms with Crippen LogP contribution < -0.4 is 16.0 Å². The number of rotatable bonds is 4. The lowest BCUT2D eigenvalue weighted by Crippen LogP contribution is -2.45. The Hall–Kier alpha value is -3.35. The monoisotopic (exact) mass is 341 g/mol. The van der Waals surface area contributed by atoms with Gasteiger partial charge in [0.15, 0.2) is 0 Å². The van der Waals surface area contributed by atoms with Gasteiger partial charge in [0.05, 0.1) is 5.69 Å². The van der Waals surface area contributed by atoms with Crippen molar-refractivity contribution in [2.75, 3.05) is 17.2 Å². The van der Waals surface area contributed by atoms with Gasteiger partial charge in [-0.05, 0) is 48.4 Å². The van der Waals surface area contributed by atoms with Crippen molar-refractivity contribution in [1.82, 2.24) is 5.32 Å². The van der Waals surface area contributed by atoms with Crippen molar-refractivity contribution in [3.63, 3.8) is 0 Å². The van der Waals surface area contributed by atoms with Crippen molar-refractivity contribution in [1.29, 1.82) is 0 Å². The number of nitrogen functional groups attached to an aromatic ring is 1. The molecule has 25 heavy (non-hydrogen) atoms. The molecule has 7 nitrogen and oxygen atoms in total. The minimum Gasteiger partial charge on any atom is -0.508 e. The van der Waals surface area contributed by atoms with Gasteiger partial charge >= 0.3 is 11.8 Å². The van der Waals surface area contributed by atoms with Crippen LogP contribution in [0.25, 0.3) is 0 Å². The highest BCUT2D eigenvalue weighted by Gasteiger charge is 2.26. The molecular formula is C18H19N3O4. The zero-order valence-electron chi connectivity index (χ0n) is 13.7. The fourth-order valence-corrected chi connectivity index (χ4v) is 2.23. The third-order valence-corrected chi connectivity index (χ3v) is 3.50. The molecule has 0 fully saturated rings. The first kappa shape index (κ1) is 18.0. The predicted molar refractivity (Wildman–Crippen MR) is 93.8 cm³/mol. The minimum atomic E-state index is -0.956. The van der Waals surface area contributed by atoms with Gasteiger partial charge in [0, 0.05) is 19.2 Å². The number of carbonyl (C=O) groups is 3. The number of anilines is 2. The van der Waals surface area contributed by atoms with Crippen LogP contribution in [0.15, 0.2) is 48.5 Å². The summed E-state index contributed by atoms with van der Waals surface area (Å²) in [6.07, 6.45) is 0.487. The van der Waals surface area contributed by atoms with E-state index in [0.717, 1.165) is 10.5 Å². The highest BCUT2D eigenvalue weighted by atomic mass is 16.3. The molecular weight excluding hydrogens is 322 g/mol. The first-order valence-electron chi connectivity index (χ1n) is 7.65. The highest BCUT2D eigenvalue weighted by Crippen LogP contribution is 2.17. The van der Waals surface area contributed by atoms with Crippen LogP contribution in [0.1, 0.15) is 12.5 Å². The summed E-state index contributed by atoms with van der Waals surface area (Å²) in [4.78, 5) is 36.9. The lowest BCUT2D eigenvalue weighted by atomic mass is 10.1. The van der Waals surface area contributed by atoms with E-state index in [1.807, 2.05) is 0 Å². The Balaban J connectivity index is 1.98. The van der Waals surface area contributed by atoms with Crippen LogP contribution in [-0.2, 0) is 20.8 Å². The molecule has 0 aliphatic heterocycles. The van der Waals surface area contributed by atoms with Crippen LogP contribution in [0.4, 0.5) is 11.4 Å². The van der Waals surface area contributed by atoms with Crippen molar-refractivity contribution < 1.29 is 19.5 Å². The molecule has 2 rings (SSSR count). The number of imide groups is 1.